The number of hydrogen-bond acceptors (Lipinski definition) is 5. The summed E-state index contributed by atoms with van der Waals surface area (Å²) in [5.41, 5.74) is 2.98. The third-order valence-electron chi connectivity index (χ3n) is 7.24. The number of amides is 2. The van der Waals surface area contributed by atoms with Crippen LogP contribution in [0.4, 0.5) is 0 Å². The number of methoxy groups -OCH3 is 1. The molecule has 0 saturated heterocycles. The van der Waals surface area contributed by atoms with Crippen molar-refractivity contribution < 1.29 is 22.7 Å². The van der Waals surface area contributed by atoms with E-state index in [1.54, 1.807) is 37.3 Å². The van der Waals surface area contributed by atoms with Crippen LogP contribution in [0.25, 0.3) is 10.9 Å². The molecular formula is C31H35N3O5S. The van der Waals surface area contributed by atoms with Gasteiger partial charge in [-0.2, -0.15) is 0 Å². The maximum atomic E-state index is 12.9. The number of carbonyl (C=O) groups is 2. The lowest BCUT2D eigenvalue weighted by molar-refractivity contribution is 0.0944. The molecule has 0 fully saturated rings. The minimum Gasteiger partial charge on any atom is -0.496 e. The van der Waals surface area contributed by atoms with Gasteiger partial charge in [0.1, 0.15) is 5.75 Å². The van der Waals surface area contributed by atoms with Crippen molar-refractivity contribution in [3.05, 3.63) is 95.2 Å². The Kier molecular flexibility index (Phi) is 8.94. The molecule has 8 nitrogen and oxygen atoms in total. The van der Waals surface area contributed by atoms with Crippen LogP contribution in [-0.2, 0) is 16.6 Å². The first-order chi connectivity index (χ1) is 19.2. The van der Waals surface area contributed by atoms with E-state index in [1.807, 2.05) is 35.0 Å². The number of fused-ring (bicyclic) bond motifs is 1. The predicted octanol–water partition coefficient (Wildman–Crippen LogP) is 5.29. The van der Waals surface area contributed by atoms with Crippen molar-refractivity contribution in [2.75, 3.05) is 13.7 Å². The van der Waals surface area contributed by atoms with Crippen LogP contribution in [0.2, 0.25) is 0 Å². The summed E-state index contributed by atoms with van der Waals surface area (Å²) in [6.07, 6.45) is 3.97. The van der Waals surface area contributed by atoms with Crippen molar-refractivity contribution in [2.24, 2.45) is 5.92 Å². The molecule has 0 radical (unpaired) electrons. The van der Waals surface area contributed by atoms with Crippen molar-refractivity contribution in [1.29, 1.82) is 0 Å². The maximum absolute atomic E-state index is 12.9. The number of nitrogens with one attached hydrogen (secondary N) is 2. The van der Waals surface area contributed by atoms with Crippen LogP contribution in [0.15, 0.2) is 77.8 Å². The van der Waals surface area contributed by atoms with E-state index in [4.69, 9.17) is 4.74 Å². The molecule has 1 heterocycles. The smallest absolute Gasteiger partial charge is 0.265 e. The molecule has 2 N–H and O–H groups in total. The lowest BCUT2D eigenvalue weighted by atomic mass is 10.0. The summed E-state index contributed by atoms with van der Waals surface area (Å²) >= 11 is 0. The van der Waals surface area contributed by atoms with Gasteiger partial charge in [0, 0.05) is 34.9 Å². The van der Waals surface area contributed by atoms with Crippen molar-refractivity contribution >= 4 is 32.7 Å². The van der Waals surface area contributed by atoms with Gasteiger partial charge in [-0.25, -0.2) is 13.1 Å². The lowest BCUT2D eigenvalue weighted by Gasteiger charge is -2.14. The number of carbonyl (C=O) groups excluding carboxylic acids is 2. The van der Waals surface area contributed by atoms with Gasteiger partial charge < -0.3 is 14.6 Å². The van der Waals surface area contributed by atoms with Gasteiger partial charge in [0.2, 0.25) is 0 Å². The highest BCUT2D eigenvalue weighted by Gasteiger charge is 2.21. The van der Waals surface area contributed by atoms with E-state index >= 15 is 0 Å². The molecule has 2 amide bonds. The van der Waals surface area contributed by atoms with Gasteiger partial charge in [-0.15, -0.1) is 0 Å². The van der Waals surface area contributed by atoms with Crippen molar-refractivity contribution in [3.8, 4) is 5.75 Å². The molecule has 0 aliphatic heterocycles. The highest BCUT2D eigenvalue weighted by molar-refractivity contribution is 7.90. The zero-order valence-electron chi connectivity index (χ0n) is 23.2. The standard InChI is InChI=1S/C31H35N3O5S/c1-5-22(6-2)19-32-30(35)24-12-11-23-15-16-34(27(23)17-24)20-26-14-13-25(18-28(26)39-4)31(36)33-40(37,38)29-10-8-7-9-21(29)3/h7-18,22H,5-6,19-20H2,1-4H3,(H,32,35)(H,33,36). The van der Waals surface area contributed by atoms with Gasteiger partial charge in [-0.1, -0.05) is 57.0 Å². The van der Waals surface area contributed by atoms with Gasteiger partial charge in [-0.3, -0.25) is 9.59 Å². The lowest BCUT2D eigenvalue weighted by Crippen LogP contribution is -2.31. The average molecular weight is 562 g/mol. The van der Waals surface area contributed by atoms with Crippen molar-refractivity contribution in [2.45, 2.75) is 45.1 Å². The topological polar surface area (TPSA) is 107 Å². The number of aromatic nitrogens is 1. The van der Waals surface area contributed by atoms with Gasteiger partial charge in [-0.05, 0) is 60.2 Å². The highest BCUT2D eigenvalue weighted by atomic mass is 32.2. The molecule has 4 aromatic rings. The van der Waals surface area contributed by atoms with E-state index in [9.17, 15) is 18.0 Å². The van der Waals surface area contributed by atoms with E-state index in [2.05, 4.69) is 23.9 Å². The first-order valence-electron chi connectivity index (χ1n) is 13.3. The summed E-state index contributed by atoms with van der Waals surface area (Å²) in [4.78, 5) is 25.7. The molecule has 0 aliphatic rings. The number of nitrogens with zero attached hydrogens (tertiary/aromatic N) is 1. The molecule has 4 rings (SSSR count). The first-order valence-corrected chi connectivity index (χ1v) is 14.8. The Balaban J connectivity index is 1.54. The number of aryl methyl sites for hydroxylation is 1. The Hall–Kier alpha value is -4.11. The van der Waals surface area contributed by atoms with Gasteiger partial charge in [0.15, 0.2) is 0 Å². The quantitative estimate of drug-likeness (QED) is 0.259. The Bertz CT molecular complexity index is 1640. The van der Waals surface area contributed by atoms with Crippen LogP contribution in [-0.4, -0.2) is 38.5 Å². The summed E-state index contributed by atoms with van der Waals surface area (Å²) in [6, 6.07) is 18.9. The van der Waals surface area contributed by atoms with E-state index in [0.29, 0.717) is 35.9 Å². The molecule has 3 aromatic carbocycles. The molecule has 0 aliphatic carbocycles. The Labute approximate surface area is 235 Å². The Morgan fingerprint density at radius 2 is 1.62 bits per heavy atom. The minimum absolute atomic E-state index is 0.0509. The second-order valence-corrected chi connectivity index (χ2v) is 11.5. The molecule has 210 valence electrons. The largest absolute Gasteiger partial charge is 0.496 e. The van der Waals surface area contributed by atoms with Gasteiger partial charge >= 0.3 is 0 Å². The molecule has 0 bridgehead atoms. The number of sulfonamides is 1. The Morgan fingerprint density at radius 1 is 0.925 bits per heavy atom. The van der Waals surface area contributed by atoms with Crippen LogP contribution in [0.3, 0.4) is 0 Å². The van der Waals surface area contributed by atoms with Crippen LogP contribution in [0.5, 0.6) is 5.75 Å². The maximum Gasteiger partial charge on any atom is 0.265 e. The SMILES string of the molecule is CCC(CC)CNC(=O)c1ccc2ccn(Cc3ccc(C(=O)NS(=O)(=O)c4ccccc4C)cc3OC)c2c1. The van der Waals surface area contributed by atoms with Crippen LogP contribution in [0.1, 0.15) is 58.5 Å². The zero-order valence-corrected chi connectivity index (χ0v) is 24.0. The molecule has 40 heavy (non-hydrogen) atoms. The van der Waals surface area contributed by atoms with E-state index in [1.165, 1.54) is 19.2 Å². The van der Waals surface area contributed by atoms with Crippen LogP contribution >= 0.6 is 0 Å². The van der Waals surface area contributed by atoms with Gasteiger partial charge in [0.05, 0.1) is 18.6 Å². The number of ether oxygens (including phenoxy) is 1. The second kappa shape index (κ2) is 12.4. The van der Waals surface area contributed by atoms with Crippen LogP contribution < -0.4 is 14.8 Å². The molecule has 9 heteroatoms. The highest BCUT2D eigenvalue weighted by Crippen LogP contribution is 2.25. The monoisotopic (exact) mass is 561 g/mol. The molecular weight excluding hydrogens is 526 g/mol. The molecule has 0 unspecified atom stereocenters. The second-order valence-electron chi connectivity index (χ2n) is 9.84. The summed E-state index contributed by atoms with van der Waals surface area (Å²) in [7, 11) is -2.53. The summed E-state index contributed by atoms with van der Waals surface area (Å²) in [6.45, 7) is 6.99. The molecule has 1 aromatic heterocycles. The third kappa shape index (κ3) is 6.37. The molecule has 0 atom stereocenters. The van der Waals surface area contributed by atoms with Crippen molar-refractivity contribution in [3.63, 3.8) is 0 Å². The average Bonchev–Trinajstić information content (AvgIpc) is 3.35. The fourth-order valence-corrected chi connectivity index (χ4v) is 5.89. The third-order valence-corrected chi connectivity index (χ3v) is 8.73. The van der Waals surface area contributed by atoms with E-state index < -0.39 is 15.9 Å². The number of hydrogen-bond donors (Lipinski definition) is 2. The fourth-order valence-electron chi connectivity index (χ4n) is 4.67. The van der Waals surface area contributed by atoms with E-state index in [-0.39, 0.29) is 16.4 Å². The predicted molar refractivity (Wildman–Crippen MR) is 156 cm³/mol. The van der Waals surface area contributed by atoms with Crippen molar-refractivity contribution in [1.82, 2.24) is 14.6 Å². The molecule has 0 saturated carbocycles. The summed E-state index contributed by atoms with van der Waals surface area (Å²) in [5, 5.41) is 4.04. The zero-order chi connectivity index (χ0) is 28.9. The first kappa shape index (κ1) is 28.9. The Morgan fingerprint density at radius 3 is 2.33 bits per heavy atom. The fraction of sp³-hybridized carbons (Fsp3) is 0.290. The normalized spacial score (nSPS) is 11.5. The summed E-state index contributed by atoms with van der Waals surface area (Å²) in [5.74, 6) is 0.0529. The summed E-state index contributed by atoms with van der Waals surface area (Å²) < 4.78 is 35.3. The van der Waals surface area contributed by atoms with Gasteiger partial charge in [0.25, 0.3) is 21.8 Å². The van der Waals surface area contributed by atoms with E-state index in [0.717, 1.165) is 29.3 Å². The molecule has 0 spiro atoms. The van der Waals surface area contributed by atoms with Crippen LogP contribution in [0, 0.1) is 12.8 Å². The number of benzene rings is 3. The number of rotatable bonds is 11. The minimum atomic E-state index is -4.03.